The smallest absolute Gasteiger partial charge is 0.359 e. The quantitative estimate of drug-likeness (QED) is 0.246. The Morgan fingerprint density at radius 2 is 1.88 bits per heavy atom. The van der Waals surface area contributed by atoms with Gasteiger partial charge in [-0.05, 0) is 80.1 Å². The van der Waals surface area contributed by atoms with E-state index < -0.39 is 5.97 Å². The van der Waals surface area contributed by atoms with E-state index in [1.165, 1.54) is 0 Å². The molecule has 41 heavy (non-hydrogen) atoms. The third-order valence-corrected chi connectivity index (χ3v) is 8.06. The number of piperidine rings is 1. The van der Waals surface area contributed by atoms with Crippen molar-refractivity contribution < 1.29 is 23.9 Å². The Balaban J connectivity index is 1.19. The Bertz CT molecular complexity index is 1540. The van der Waals surface area contributed by atoms with Gasteiger partial charge in [0, 0.05) is 35.8 Å². The summed E-state index contributed by atoms with van der Waals surface area (Å²) in [6, 6.07) is 13.5. The zero-order valence-electron chi connectivity index (χ0n) is 23.8. The van der Waals surface area contributed by atoms with E-state index in [4.69, 9.17) is 9.84 Å². The number of likely N-dealkylation sites (tertiary alicyclic amines) is 1. The molecule has 5 rings (SSSR count). The van der Waals surface area contributed by atoms with E-state index in [0.29, 0.717) is 34.0 Å². The van der Waals surface area contributed by atoms with Gasteiger partial charge in [-0.2, -0.15) is 0 Å². The summed E-state index contributed by atoms with van der Waals surface area (Å²) in [5.41, 5.74) is 4.97. The van der Waals surface area contributed by atoms with Crippen LogP contribution in [0.25, 0.3) is 16.9 Å². The molecular weight excluding hydrogens is 520 g/mol. The molecule has 10 nitrogen and oxygen atoms in total. The molecule has 0 saturated carbocycles. The number of aliphatic carboxylic acids is 1. The van der Waals surface area contributed by atoms with Gasteiger partial charge in [-0.15, -0.1) is 0 Å². The molecule has 3 heterocycles. The van der Waals surface area contributed by atoms with Crippen LogP contribution >= 0.6 is 0 Å². The van der Waals surface area contributed by atoms with E-state index in [0.717, 1.165) is 60.6 Å². The van der Waals surface area contributed by atoms with E-state index in [2.05, 4.69) is 20.6 Å². The largest absolute Gasteiger partial charge is 0.497 e. The molecule has 3 N–H and O–H groups in total. The number of aryl methyl sites for hydroxylation is 1. The highest BCUT2D eigenvalue weighted by Gasteiger charge is 2.31. The molecule has 1 amide bonds. The molecule has 214 valence electrons. The van der Waals surface area contributed by atoms with Gasteiger partial charge in [-0.25, -0.2) is 14.8 Å². The molecule has 0 unspecified atom stereocenters. The number of anilines is 2. The number of hydrogen-bond donors (Lipinski definition) is 3. The van der Waals surface area contributed by atoms with Crippen molar-refractivity contribution in [2.75, 3.05) is 45.7 Å². The number of quaternary nitrogens is 1. The highest BCUT2D eigenvalue weighted by atomic mass is 16.5. The Morgan fingerprint density at radius 3 is 2.56 bits per heavy atom. The molecule has 0 aliphatic carbocycles. The monoisotopic (exact) mass is 557 g/mol. The maximum absolute atomic E-state index is 12.9. The summed E-state index contributed by atoms with van der Waals surface area (Å²) < 4.78 is 7.85. The molecule has 1 aliphatic heterocycles. The van der Waals surface area contributed by atoms with E-state index >= 15 is 0 Å². The van der Waals surface area contributed by atoms with E-state index in [9.17, 15) is 9.59 Å². The zero-order valence-corrected chi connectivity index (χ0v) is 23.8. The van der Waals surface area contributed by atoms with Crippen LogP contribution in [0.3, 0.4) is 0 Å². The lowest BCUT2D eigenvalue weighted by Gasteiger charge is -2.39. The summed E-state index contributed by atoms with van der Waals surface area (Å²) in [6.07, 6.45) is 8.30. The van der Waals surface area contributed by atoms with Gasteiger partial charge in [0.15, 0.2) is 18.0 Å². The van der Waals surface area contributed by atoms with Crippen LogP contribution in [0.15, 0.2) is 61.1 Å². The van der Waals surface area contributed by atoms with Crippen LogP contribution in [-0.2, 0) is 4.79 Å². The number of ether oxygens (including phenoxy) is 1. The molecule has 0 atom stereocenters. The van der Waals surface area contributed by atoms with Crippen LogP contribution < -0.4 is 15.4 Å². The Morgan fingerprint density at radius 1 is 1.12 bits per heavy atom. The lowest BCUT2D eigenvalue weighted by molar-refractivity contribution is -0.908. The third-order valence-electron chi connectivity index (χ3n) is 8.06. The zero-order chi connectivity index (χ0) is 29.0. The van der Waals surface area contributed by atoms with E-state index in [1.807, 2.05) is 73.2 Å². The minimum absolute atomic E-state index is 0.0889. The topological polar surface area (TPSA) is 118 Å². The number of fused-ring (bicyclic) bond motifs is 1. The molecule has 1 aliphatic rings. The minimum atomic E-state index is -0.747. The number of aromatic nitrogens is 3. The number of methoxy groups -OCH3 is 1. The molecule has 1 saturated heterocycles. The first-order valence-corrected chi connectivity index (χ1v) is 13.9. The van der Waals surface area contributed by atoms with Crippen LogP contribution in [0.4, 0.5) is 11.5 Å². The highest BCUT2D eigenvalue weighted by Crippen LogP contribution is 2.28. The number of carbonyl (C=O) groups excluding carboxylic acids is 1. The first kappa shape index (κ1) is 28.1. The summed E-state index contributed by atoms with van der Waals surface area (Å²) in [5, 5.41) is 15.6. The number of nitrogens with one attached hydrogen (secondary N) is 2. The van der Waals surface area contributed by atoms with Crippen LogP contribution in [-0.4, -0.2) is 76.2 Å². The summed E-state index contributed by atoms with van der Waals surface area (Å²) in [6.45, 7) is 4.43. The van der Waals surface area contributed by atoms with Crippen molar-refractivity contribution in [3.8, 4) is 17.0 Å². The number of rotatable bonds is 10. The summed E-state index contributed by atoms with van der Waals surface area (Å²) >= 11 is 0. The van der Waals surface area contributed by atoms with Crippen molar-refractivity contribution >= 4 is 29.0 Å². The lowest BCUT2D eigenvalue weighted by Crippen LogP contribution is -2.52. The predicted molar refractivity (Wildman–Crippen MR) is 158 cm³/mol. The molecule has 10 heteroatoms. The average Bonchev–Trinajstić information content (AvgIpc) is 3.39. The van der Waals surface area contributed by atoms with Gasteiger partial charge in [-0.1, -0.05) is 0 Å². The molecule has 0 spiro atoms. The molecular formula is C31H37N6O4+. The van der Waals surface area contributed by atoms with Crippen LogP contribution in [0.5, 0.6) is 5.75 Å². The van der Waals surface area contributed by atoms with Crippen molar-refractivity contribution in [1.82, 2.24) is 19.7 Å². The number of benzene rings is 2. The van der Waals surface area contributed by atoms with Gasteiger partial charge in [0.25, 0.3) is 5.91 Å². The van der Waals surface area contributed by atoms with Crippen LogP contribution in [0.1, 0.15) is 35.2 Å². The van der Waals surface area contributed by atoms with Crippen molar-refractivity contribution in [1.29, 1.82) is 0 Å². The second-order valence-corrected chi connectivity index (χ2v) is 11.1. The number of carboxylic acid groups (broad SMARTS) is 1. The maximum atomic E-state index is 12.9. The van der Waals surface area contributed by atoms with Crippen molar-refractivity contribution in [3.63, 3.8) is 0 Å². The van der Waals surface area contributed by atoms with Gasteiger partial charge < -0.3 is 25.0 Å². The molecule has 1 fully saturated rings. The van der Waals surface area contributed by atoms with Gasteiger partial charge in [0.1, 0.15) is 5.75 Å². The Labute approximate surface area is 239 Å². The lowest BCUT2D eigenvalue weighted by atomic mass is 9.92. The molecule has 2 aromatic heterocycles. The number of likely N-dealkylation sites (N-methyl/N-ethyl adjacent to an activating group) is 1. The van der Waals surface area contributed by atoms with Gasteiger partial charge in [0.2, 0.25) is 0 Å². The summed E-state index contributed by atoms with van der Waals surface area (Å²) in [7, 11) is 3.66. The third kappa shape index (κ3) is 6.49. The van der Waals surface area contributed by atoms with Gasteiger partial charge >= 0.3 is 5.97 Å². The second kappa shape index (κ2) is 12.0. The normalized spacial score (nSPS) is 18.7. The number of hydrogen-bond acceptors (Lipinski definition) is 6. The summed E-state index contributed by atoms with van der Waals surface area (Å²) in [4.78, 5) is 33.2. The standard InChI is InChI=1S/C31H36N6O4/c1-21-18-24(6-9-26(21)31(40)33-13-10-22-11-16-37(2,17-12-22)20-28(38)39)35-29-30-34-19-27(36(30)15-14-32-29)23-4-7-25(41-3)8-5-23/h4-9,14-15,18-19,22H,10-13,16-17,20H2,1-3H3,(H2-,32,33,35,38,39,40)/p+1. The van der Waals surface area contributed by atoms with Gasteiger partial charge in [0.05, 0.1) is 39.1 Å². The number of carboxylic acids is 1. The fourth-order valence-electron chi connectivity index (χ4n) is 5.62. The average molecular weight is 558 g/mol. The Kier molecular flexibility index (Phi) is 8.21. The molecule has 0 radical (unpaired) electrons. The van der Waals surface area contributed by atoms with Crippen LogP contribution in [0, 0.1) is 12.8 Å². The first-order valence-electron chi connectivity index (χ1n) is 13.9. The molecule has 0 bridgehead atoms. The summed E-state index contributed by atoms with van der Waals surface area (Å²) in [5.74, 6) is 1.09. The minimum Gasteiger partial charge on any atom is -0.497 e. The molecule has 2 aromatic carbocycles. The van der Waals surface area contributed by atoms with Crippen molar-refractivity contribution in [2.45, 2.75) is 26.2 Å². The second-order valence-electron chi connectivity index (χ2n) is 11.1. The maximum Gasteiger partial charge on any atom is 0.359 e. The SMILES string of the molecule is COc1ccc(-c2cnc3c(Nc4ccc(C(=O)NCCC5CC[N+](C)(CC(=O)O)CC5)c(C)c4)nccn23)cc1. The van der Waals surface area contributed by atoms with E-state index in [1.54, 1.807) is 13.3 Å². The Hall–Kier alpha value is -4.44. The fourth-order valence-corrected chi connectivity index (χ4v) is 5.62. The number of amides is 1. The van der Waals surface area contributed by atoms with Crippen LogP contribution in [0.2, 0.25) is 0 Å². The van der Waals surface area contributed by atoms with Crippen molar-refractivity contribution in [3.05, 3.63) is 72.2 Å². The van der Waals surface area contributed by atoms with E-state index in [-0.39, 0.29) is 12.5 Å². The van der Waals surface area contributed by atoms with Gasteiger partial charge in [-0.3, -0.25) is 9.20 Å². The number of carbonyl (C=O) groups is 2. The first-order chi connectivity index (χ1) is 19.7. The van der Waals surface area contributed by atoms with Crippen molar-refractivity contribution in [2.24, 2.45) is 5.92 Å². The highest BCUT2D eigenvalue weighted by molar-refractivity contribution is 5.96. The number of imidazole rings is 1. The number of nitrogens with zero attached hydrogens (tertiary/aromatic N) is 4. The molecule has 4 aromatic rings. The predicted octanol–water partition coefficient (Wildman–Crippen LogP) is 4.52. The fraction of sp³-hybridized carbons (Fsp3) is 0.355.